The maximum atomic E-state index is 12.6. The van der Waals surface area contributed by atoms with E-state index < -0.39 is 12.8 Å². The van der Waals surface area contributed by atoms with Gasteiger partial charge in [-0.05, 0) is 29.5 Å². The van der Waals surface area contributed by atoms with Crippen molar-refractivity contribution >= 4 is 28.5 Å². The smallest absolute Gasteiger partial charge is 0.422 e. The molecule has 0 saturated heterocycles. The SMILES string of the molecule is CC(C)Cn1cc(C(C)(C)C)sc1=NC(=S)c1cc(C#N)ccc1OCC(F)(F)F. The minimum atomic E-state index is -4.49. The number of ether oxygens (including phenoxy) is 1. The van der Waals surface area contributed by atoms with Crippen molar-refractivity contribution in [3.8, 4) is 11.8 Å². The number of hydrogen-bond acceptors (Lipinski definition) is 4. The number of rotatable bonds is 5. The van der Waals surface area contributed by atoms with E-state index in [1.54, 1.807) is 0 Å². The molecule has 0 atom stereocenters. The maximum Gasteiger partial charge on any atom is 0.422 e. The van der Waals surface area contributed by atoms with Crippen molar-refractivity contribution in [2.24, 2.45) is 10.9 Å². The van der Waals surface area contributed by atoms with Gasteiger partial charge in [0.25, 0.3) is 0 Å². The van der Waals surface area contributed by atoms with Gasteiger partial charge in [0.05, 0.1) is 17.2 Å². The van der Waals surface area contributed by atoms with Crippen molar-refractivity contribution in [2.75, 3.05) is 6.61 Å². The number of thiocarbonyl (C=S) groups is 1. The number of alkyl halides is 3. The first kappa shape index (κ1) is 24.1. The third kappa shape index (κ3) is 6.67. The van der Waals surface area contributed by atoms with Gasteiger partial charge < -0.3 is 9.30 Å². The number of aromatic nitrogens is 1. The molecule has 0 N–H and O–H groups in total. The molecule has 30 heavy (non-hydrogen) atoms. The summed E-state index contributed by atoms with van der Waals surface area (Å²) in [6, 6.07) is 6.08. The lowest BCUT2D eigenvalue weighted by atomic mass is 9.95. The fourth-order valence-electron chi connectivity index (χ4n) is 2.54. The van der Waals surface area contributed by atoms with Crippen molar-refractivity contribution < 1.29 is 17.9 Å². The molecule has 0 aliphatic rings. The van der Waals surface area contributed by atoms with E-state index in [0.29, 0.717) is 10.7 Å². The van der Waals surface area contributed by atoms with Crippen molar-refractivity contribution in [3.05, 3.63) is 45.2 Å². The number of thiazole rings is 1. The lowest BCUT2D eigenvalue weighted by molar-refractivity contribution is -0.153. The van der Waals surface area contributed by atoms with Crippen LogP contribution in [0.15, 0.2) is 29.4 Å². The predicted molar refractivity (Wildman–Crippen MR) is 116 cm³/mol. The summed E-state index contributed by atoms with van der Waals surface area (Å²) < 4.78 is 44.8. The van der Waals surface area contributed by atoms with Crippen LogP contribution in [0.3, 0.4) is 0 Å². The molecular formula is C21H24F3N3OS2. The Morgan fingerprint density at radius 2 is 1.97 bits per heavy atom. The van der Waals surface area contributed by atoms with Crippen LogP contribution in [0.2, 0.25) is 0 Å². The Hall–Kier alpha value is -2.18. The summed E-state index contributed by atoms with van der Waals surface area (Å²) in [5, 5.41) is 9.17. The van der Waals surface area contributed by atoms with Crippen LogP contribution in [0.4, 0.5) is 13.2 Å². The van der Waals surface area contributed by atoms with Crippen LogP contribution in [0.1, 0.15) is 50.6 Å². The van der Waals surface area contributed by atoms with Crippen LogP contribution in [0.25, 0.3) is 0 Å². The van der Waals surface area contributed by atoms with E-state index in [-0.39, 0.29) is 27.3 Å². The van der Waals surface area contributed by atoms with Crippen LogP contribution in [0.5, 0.6) is 5.75 Å². The van der Waals surface area contributed by atoms with Crippen molar-refractivity contribution in [2.45, 2.75) is 52.8 Å². The average Bonchev–Trinajstić information content (AvgIpc) is 3.01. The molecule has 0 fully saturated rings. The van der Waals surface area contributed by atoms with E-state index >= 15 is 0 Å². The molecule has 2 aromatic rings. The number of hydrogen-bond donors (Lipinski definition) is 0. The van der Waals surface area contributed by atoms with Crippen LogP contribution in [-0.2, 0) is 12.0 Å². The predicted octanol–water partition coefficient (Wildman–Crippen LogP) is 5.59. The zero-order chi connectivity index (χ0) is 22.7. The fraction of sp³-hybridized carbons (Fsp3) is 0.476. The molecule has 1 aromatic carbocycles. The quantitative estimate of drug-likeness (QED) is 0.552. The molecule has 0 amide bonds. The highest BCUT2D eigenvalue weighted by Crippen LogP contribution is 2.26. The van der Waals surface area contributed by atoms with E-state index in [9.17, 15) is 18.4 Å². The van der Waals surface area contributed by atoms with Gasteiger partial charge in [-0.1, -0.05) is 46.8 Å². The van der Waals surface area contributed by atoms with E-state index in [2.05, 4.69) is 39.6 Å². The van der Waals surface area contributed by atoms with E-state index in [1.165, 1.54) is 29.5 Å². The number of nitrogens with zero attached hydrogens (tertiary/aromatic N) is 3. The molecule has 0 bridgehead atoms. The average molecular weight is 456 g/mol. The molecule has 0 aliphatic heterocycles. The molecule has 0 spiro atoms. The summed E-state index contributed by atoms with van der Waals surface area (Å²) in [7, 11) is 0. The van der Waals surface area contributed by atoms with Crippen LogP contribution < -0.4 is 9.54 Å². The molecule has 1 aromatic heterocycles. The van der Waals surface area contributed by atoms with Gasteiger partial charge in [0.2, 0.25) is 0 Å². The monoisotopic (exact) mass is 455 g/mol. The zero-order valence-electron chi connectivity index (χ0n) is 17.5. The van der Waals surface area contributed by atoms with Gasteiger partial charge in [0.1, 0.15) is 10.7 Å². The molecule has 0 saturated carbocycles. The Labute approximate surface area is 183 Å². The Morgan fingerprint density at radius 1 is 1.30 bits per heavy atom. The van der Waals surface area contributed by atoms with Crippen molar-refractivity contribution in [1.82, 2.24) is 4.57 Å². The third-order valence-electron chi connectivity index (χ3n) is 3.95. The standard InChI is InChI=1S/C21H24F3N3OS2/c1-13(2)10-27-11-17(20(3,4)5)30-19(27)26-18(29)15-8-14(9-25)6-7-16(15)28-12-21(22,23)24/h6-8,11,13H,10,12H2,1-5H3. The van der Waals surface area contributed by atoms with Crippen LogP contribution >= 0.6 is 23.6 Å². The molecular weight excluding hydrogens is 431 g/mol. The van der Waals surface area contributed by atoms with E-state index in [0.717, 1.165) is 11.4 Å². The normalized spacial score (nSPS) is 12.9. The summed E-state index contributed by atoms with van der Waals surface area (Å²) in [5.74, 6) is 0.315. The van der Waals surface area contributed by atoms with Gasteiger partial charge in [-0.25, -0.2) is 4.99 Å². The summed E-state index contributed by atoms with van der Waals surface area (Å²) in [6.45, 7) is 9.74. The summed E-state index contributed by atoms with van der Waals surface area (Å²) in [6.07, 6.45) is -2.45. The molecule has 0 aliphatic carbocycles. The highest BCUT2D eigenvalue weighted by molar-refractivity contribution is 7.80. The molecule has 162 valence electrons. The van der Waals surface area contributed by atoms with Gasteiger partial charge in [-0.15, -0.1) is 11.3 Å². The molecule has 0 unspecified atom stereocenters. The third-order valence-corrected chi connectivity index (χ3v) is 5.71. The van der Waals surface area contributed by atoms with Gasteiger partial charge >= 0.3 is 6.18 Å². The Kier molecular flexibility index (Phi) is 7.48. The Bertz CT molecular complexity index is 1020. The van der Waals surface area contributed by atoms with E-state index in [4.69, 9.17) is 17.0 Å². The van der Waals surface area contributed by atoms with Gasteiger partial charge in [-0.3, -0.25) is 0 Å². The lowest BCUT2D eigenvalue weighted by Gasteiger charge is -2.14. The molecule has 1 heterocycles. The second-order valence-electron chi connectivity index (χ2n) is 8.32. The Balaban J connectivity index is 2.53. The van der Waals surface area contributed by atoms with Crippen LogP contribution in [-0.4, -0.2) is 22.3 Å². The minimum absolute atomic E-state index is 0.0527. The topological polar surface area (TPSA) is 50.3 Å². The first-order valence-electron chi connectivity index (χ1n) is 9.33. The first-order chi connectivity index (χ1) is 13.8. The van der Waals surface area contributed by atoms with Crippen molar-refractivity contribution in [1.29, 1.82) is 5.26 Å². The lowest BCUT2D eigenvalue weighted by Crippen LogP contribution is -2.21. The number of benzene rings is 1. The second-order valence-corrected chi connectivity index (χ2v) is 9.71. The first-order valence-corrected chi connectivity index (χ1v) is 10.6. The van der Waals surface area contributed by atoms with E-state index in [1.807, 2.05) is 16.8 Å². The number of halogens is 3. The van der Waals surface area contributed by atoms with Crippen molar-refractivity contribution in [3.63, 3.8) is 0 Å². The second kappa shape index (κ2) is 9.31. The largest absolute Gasteiger partial charge is 0.483 e. The maximum absolute atomic E-state index is 12.6. The minimum Gasteiger partial charge on any atom is -0.483 e. The number of nitriles is 1. The highest BCUT2D eigenvalue weighted by Gasteiger charge is 2.29. The summed E-state index contributed by atoms with van der Waals surface area (Å²) >= 11 is 6.92. The summed E-state index contributed by atoms with van der Waals surface area (Å²) in [4.78, 5) is 6.38. The summed E-state index contributed by atoms with van der Waals surface area (Å²) in [5.41, 5.74) is 0.370. The zero-order valence-corrected chi connectivity index (χ0v) is 19.1. The van der Waals surface area contributed by atoms with Gasteiger partial charge in [0, 0.05) is 17.6 Å². The molecule has 9 heteroatoms. The highest BCUT2D eigenvalue weighted by atomic mass is 32.1. The van der Waals surface area contributed by atoms with Crippen LogP contribution in [0, 0.1) is 17.2 Å². The molecule has 0 radical (unpaired) electrons. The Morgan fingerprint density at radius 3 is 2.50 bits per heavy atom. The van der Waals surface area contributed by atoms with Gasteiger partial charge in [-0.2, -0.15) is 18.4 Å². The fourth-order valence-corrected chi connectivity index (χ4v) is 3.91. The molecule has 2 rings (SSSR count). The van der Waals surface area contributed by atoms with Gasteiger partial charge in [0.15, 0.2) is 11.4 Å². The molecule has 4 nitrogen and oxygen atoms in total.